The molecule has 2 rings (SSSR count). The van der Waals surface area contributed by atoms with Crippen LogP contribution in [0.5, 0.6) is 0 Å². The van der Waals surface area contributed by atoms with Crippen molar-refractivity contribution in [1.82, 2.24) is 0 Å². The summed E-state index contributed by atoms with van der Waals surface area (Å²) in [6.07, 6.45) is 0. The molecule has 0 aromatic heterocycles. The van der Waals surface area contributed by atoms with Gasteiger partial charge >= 0.3 is 5.97 Å². The molecule has 2 N–H and O–H groups in total. The summed E-state index contributed by atoms with van der Waals surface area (Å²) in [5.41, 5.74) is 1.84. The molecular weight excluding hydrogens is 356 g/mol. The number of aryl methyl sites for hydroxylation is 1. The van der Waals surface area contributed by atoms with E-state index in [-0.39, 0.29) is 17.4 Å². The lowest BCUT2D eigenvalue weighted by atomic mass is 10.2. The third-order valence-electron chi connectivity index (χ3n) is 3.47. The highest BCUT2D eigenvalue weighted by molar-refractivity contribution is 7.92. The van der Waals surface area contributed by atoms with E-state index in [2.05, 4.69) is 10.0 Å². The van der Waals surface area contributed by atoms with E-state index in [0.29, 0.717) is 22.5 Å². The van der Waals surface area contributed by atoms with Gasteiger partial charge in [0.15, 0.2) is 0 Å². The minimum Gasteiger partial charge on any atom is -0.462 e. The zero-order valence-electron chi connectivity index (χ0n) is 14.7. The van der Waals surface area contributed by atoms with Crippen LogP contribution in [0, 0.1) is 6.92 Å². The van der Waals surface area contributed by atoms with Crippen molar-refractivity contribution >= 4 is 33.3 Å². The highest BCUT2D eigenvalue weighted by atomic mass is 32.2. The Hall–Kier alpha value is -2.87. The van der Waals surface area contributed by atoms with Crippen LogP contribution in [-0.4, -0.2) is 26.9 Å². The maximum absolute atomic E-state index is 12.5. The molecule has 0 aliphatic carbocycles. The molecule has 8 heteroatoms. The Bertz CT molecular complexity index is 921. The van der Waals surface area contributed by atoms with Gasteiger partial charge in [0.1, 0.15) is 0 Å². The van der Waals surface area contributed by atoms with Crippen molar-refractivity contribution < 1.29 is 22.7 Å². The Balaban J connectivity index is 2.19. The lowest BCUT2D eigenvalue weighted by molar-refractivity contribution is -0.114. The number of carbonyl (C=O) groups excluding carboxylic acids is 2. The second-order valence-corrected chi connectivity index (χ2v) is 7.24. The topological polar surface area (TPSA) is 102 Å². The van der Waals surface area contributed by atoms with Gasteiger partial charge in [-0.25, -0.2) is 13.2 Å². The van der Waals surface area contributed by atoms with Crippen LogP contribution in [0.4, 0.5) is 11.4 Å². The Morgan fingerprint density at radius 2 is 1.73 bits per heavy atom. The molecule has 0 aliphatic rings. The number of ether oxygens (including phenoxy) is 1. The molecule has 0 saturated carbocycles. The predicted octanol–water partition coefficient (Wildman–Crippen LogP) is 2.93. The zero-order chi connectivity index (χ0) is 19.3. The highest BCUT2D eigenvalue weighted by Gasteiger charge is 2.16. The number of esters is 1. The average Bonchev–Trinajstić information content (AvgIpc) is 2.56. The van der Waals surface area contributed by atoms with Crippen molar-refractivity contribution in [1.29, 1.82) is 0 Å². The van der Waals surface area contributed by atoms with Crippen LogP contribution in [0.1, 0.15) is 29.8 Å². The first-order chi connectivity index (χ1) is 12.2. The minimum absolute atomic E-state index is 0.0681. The Morgan fingerprint density at radius 1 is 1.08 bits per heavy atom. The second kappa shape index (κ2) is 8.01. The van der Waals surface area contributed by atoms with E-state index in [0.717, 1.165) is 0 Å². The van der Waals surface area contributed by atoms with Crippen LogP contribution in [0.3, 0.4) is 0 Å². The van der Waals surface area contributed by atoms with E-state index >= 15 is 0 Å². The molecule has 2 aromatic carbocycles. The molecule has 0 unspecified atom stereocenters. The predicted molar refractivity (Wildman–Crippen MR) is 98.7 cm³/mol. The molecule has 0 saturated heterocycles. The second-order valence-electron chi connectivity index (χ2n) is 5.56. The maximum atomic E-state index is 12.5. The van der Waals surface area contributed by atoms with Crippen LogP contribution >= 0.6 is 0 Å². The fourth-order valence-electron chi connectivity index (χ4n) is 2.24. The number of anilines is 2. The third kappa shape index (κ3) is 4.82. The molecule has 0 fully saturated rings. The molecule has 26 heavy (non-hydrogen) atoms. The molecule has 2 aromatic rings. The molecule has 0 aliphatic heterocycles. The number of benzene rings is 2. The molecule has 0 radical (unpaired) electrons. The standard InChI is InChI=1S/C18H20N2O5S/c1-4-25-18(22)14-5-7-15(8-6-14)20-26(23,24)16-9-10-17(12(2)11-16)19-13(3)21/h5-11,20H,4H2,1-3H3,(H,19,21). The largest absolute Gasteiger partial charge is 0.462 e. The number of hydrogen-bond donors (Lipinski definition) is 2. The molecular formula is C18H20N2O5S. The van der Waals surface area contributed by atoms with Crippen LogP contribution in [-0.2, 0) is 19.6 Å². The van der Waals surface area contributed by atoms with Crippen molar-refractivity contribution in [3.63, 3.8) is 0 Å². The summed E-state index contributed by atoms with van der Waals surface area (Å²) in [7, 11) is -3.80. The van der Waals surface area contributed by atoms with Gasteiger partial charge in [0.05, 0.1) is 17.1 Å². The van der Waals surface area contributed by atoms with Crippen molar-refractivity contribution in [3.05, 3.63) is 53.6 Å². The van der Waals surface area contributed by atoms with Gasteiger partial charge in [-0.15, -0.1) is 0 Å². The zero-order valence-corrected chi connectivity index (χ0v) is 15.5. The number of hydrogen-bond acceptors (Lipinski definition) is 5. The first-order valence-electron chi connectivity index (χ1n) is 7.91. The van der Waals surface area contributed by atoms with E-state index in [9.17, 15) is 18.0 Å². The molecule has 7 nitrogen and oxygen atoms in total. The van der Waals surface area contributed by atoms with Crippen LogP contribution in [0.2, 0.25) is 0 Å². The Labute approximate surface area is 152 Å². The molecule has 1 amide bonds. The van der Waals surface area contributed by atoms with Gasteiger partial charge in [0.25, 0.3) is 10.0 Å². The van der Waals surface area contributed by atoms with E-state index in [1.165, 1.54) is 49.4 Å². The van der Waals surface area contributed by atoms with Crippen molar-refractivity contribution in [2.24, 2.45) is 0 Å². The number of carbonyl (C=O) groups is 2. The van der Waals surface area contributed by atoms with Gasteiger partial charge in [-0.3, -0.25) is 9.52 Å². The van der Waals surface area contributed by atoms with Crippen LogP contribution in [0.25, 0.3) is 0 Å². The minimum atomic E-state index is -3.80. The smallest absolute Gasteiger partial charge is 0.338 e. The van der Waals surface area contributed by atoms with Crippen LogP contribution in [0.15, 0.2) is 47.4 Å². The van der Waals surface area contributed by atoms with Gasteiger partial charge in [-0.1, -0.05) is 0 Å². The number of sulfonamides is 1. The number of rotatable bonds is 6. The maximum Gasteiger partial charge on any atom is 0.338 e. The molecule has 0 bridgehead atoms. The van der Waals surface area contributed by atoms with Crippen LogP contribution < -0.4 is 10.0 Å². The average molecular weight is 376 g/mol. The lowest BCUT2D eigenvalue weighted by Gasteiger charge is -2.11. The molecule has 0 spiro atoms. The van der Waals surface area contributed by atoms with Crippen molar-refractivity contribution in [2.75, 3.05) is 16.6 Å². The fraction of sp³-hybridized carbons (Fsp3) is 0.222. The quantitative estimate of drug-likeness (QED) is 0.755. The van der Waals surface area contributed by atoms with E-state index in [4.69, 9.17) is 4.74 Å². The van der Waals surface area contributed by atoms with Gasteiger partial charge < -0.3 is 10.1 Å². The summed E-state index contributed by atoms with van der Waals surface area (Å²) < 4.78 is 32.4. The summed E-state index contributed by atoms with van der Waals surface area (Å²) in [5.74, 6) is -0.699. The van der Waals surface area contributed by atoms with Gasteiger partial charge in [0.2, 0.25) is 5.91 Å². The molecule has 0 atom stereocenters. The molecule has 0 heterocycles. The Morgan fingerprint density at radius 3 is 2.27 bits per heavy atom. The van der Waals surface area contributed by atoms with Crippen molar-refractivity contribution in [3.8, 4) is 0 Å². The Kier molecular flexibility index (Phi) is 5.99. The summed E-state index contributed by atoms with van der Waals surface area (Å²) >= 11 is 0. The van der Waals surface area contributed by atoms with Gasteiger partial charge in [-0.2, -0.15) is 0 Å². The molecule has 138 valence electrons. The summed E-state index contributed by atoms with van der Waals surface area (Å²) in [6, 6.07) is 10.4. The third-order valence-corrected chi connectivity index (χ3v) is 4.85. The SMILES string of the molecule is CCOC(=O)c1ccc(NS(=O)(=O)c2ccc(NC(C)=O)c(C)c2)cc1. The van der Waals surface area contributed by atoms with E-state index < -0.39 is 16.0 Å². The number of nitrogens with one attached hydrogen (secondary N) is 2. The first-order valence-corrected chi connectivity index (χ1v) is 9.39. The lowest BCUT2D eigenvalue weighted by Crippen LogP contribution is -2.14. The first kappa shape index (κ1) is 19.5. The van der Waals surface area contributed by atoms with Gasteiger partial charge in [-0.05, 0) is 61.9 Å². The summed E-state index contributed by atoms with van der Waals surface area (Å²) in [4.78, 5) is 22.8. The van der Waals surface area contributed by atoms with Gasteiger partial charge in [0, 0.05) is 18.3 Å². The van der Waals surface area contributed by atoms with E-state index in [1.54, 1.807) is 13.8 Å². The summed E-state index contributed by atoms with van der Waals surface area (Å²) in [5, 5.41) is 2.63. The van der Waals surface area contributed by atoms with Crippen molar-refractivity contribution in [2.45, 2.75) is 25.7 Å². The normalized spacial score (nSPS) is 10.9. The highest BCUT2D eigenvalue weighted by Crippen LogP contribution is 2.22. The number of amides is 1. The summed E-state index contributed by atoms with van der Waals surface area (Å²) in [6.45, 7) is 5.06. The monoisotopic (exact) mass is 376 g/mol. The fourth-order valence-corrected chi connectivity index (χ4v) is 3.38. The van der Waals surface area contributed by atoms with E-state index in [1.807, 2.05) is 0 Å².